The number of hydrogen-bond acceptors (Lipinski definition) is 6. The van der Waals surface area contributed by atoms with Crippen LogP contribution in [0.2, 0.25) is 0 Å². The van der Waals surface area contributed by atoms with Crippen molar-refractivity contribution in [1.29, 1.82) is 0 Å². The van der Waals surface area contributed by atoms with Crippen molar-refractivity contribution in [2.75, 3.05) is 11.9 Å². The molecule has 1 unspecified atom stereocenters. The van der Waals surface area contributed by atoms with Crippen molar-refractivity contribution >= 4 is 17.7 Å². The fourth-order valence-electron chi connectivity index (χ4n) is 1.90. The zero-order valence-corrected chi connectivity index (χ0v) is 14.2. The summed E-state index contributed by atoms with van der Waals surface area (Å²) in [6, 6.07) is 4.62. The number of carboxylic acid groups (broad SMARTS) is 1. The summed E-state index contributed by atoms with van der Waals surface area (Å²) >= 11 is 0. The molecule has 25 heavy (non-hydrogen) atoms. The van der Waals surface area contributed by atoms with Crippen LogP contribution < -0.4 is 10.6 Å². The summed E-state index contributed by atoms with van der Waals surface area (Å²) in [7, 11) is 0. The number of aromatic nitrogens is 2. The van der Waals surface area contributed by atoms with E-state index in [9.17, 15) is 14.7 Å². The molecule has 2 amide bonds. The van der Waals surface area contributed by atoms with E-state index in [0.717, 1.165) is 12.5 Å². The van der Waals surface area contributed by atoms with Gasteiger partial charge in [0.25, 0.3) is 5.89 Å². The Morgan fingerprint density at radius 3 is 2.68 bits per heavy atom. The molecule has 4 N–H and O–H groups in total. The van der Waals surface area contributed by atoms with E-state index in [1.54, 1.807) is 25.1 Å². The number of nitrogens with zero attached hydrogens (tertiary/aromatic N) is 2. The van der Waals surface area contributed by atoms with Crippen molar-refractivity contribution in [3.8, 4) is 11.5 Å². The Hall–Kier alpha value is -2.94. The van der Waals surface area contributed by atoms with Gasteiger partial charge in [0.1, 0.15) is 0 Å². The second-order valence-electron chi connectivity index (χ2n) is 5.79. The largest absolute Gasteiger partial charge is 0.479 e. The molecule has 0 saturated heterocycles. The summed E-state index contributed by atoms with van der Waals surface area (Å²) in [4.78, 5) is 27.0. The monoisotopic (exact) mass is 348 g/mol. The molecule has 1 heterocycles. The highest BCUT2D eigenvalue weighted by molar-refractivity contribution is 5.91. The molecule has 0 radical (unpaired) electrons. The maximum absolute atomic E-state index is 12.0. The lowest BCUT2D eigenvalue weighted by Crippen LogP contribution is -2.47. The number of hydrogen-bond donors (Lipinski definition) is 4. The van der Waals surface area contributed by atoms with Gasteiger partial charge in [-0.3, -0.25) is 0 Å². The van der Waals surface area contributed by atoms with Crippen LogP contribution in [0.25, 0.3) is 11.5 Å². The number of anilines is 1. The number of carboxylic acids is 1. The normalized spacial score (nSPS) is 13.1. The number of amides is 2. The summed E-state index contributed by atoms with van der Waals surface area (Å²) in [5, 5.41) is 27.2. The van der Waals surface area contributed by atoms with Gasteiger partial charge in [0.15, 0.2) is 11.4 Å². The number of carbonyl (C=O) groups is 2. The summed E-state index contributed by atoms with van der Waals surface area (Å²) in [5.74, 6) is -0.498. The molecule has 9 heteroatoms. The van der Waals surface area contributed by atoms with E-state index in [4.69, 9.17) is 9.63 Å². The maximum atomic E-state index is 12.0. The first-order chi connectivity index (χ1) is 11.7. The summed E-state index contributed by atoms with van der Waals surface area (Å²) < 4.78 is 5.17. The molecular weight excluding hydrogens is 328 g/mol. The first-order valence-corrected chi connectivity index (χ1v) is 7.67. The average molecular weight is 348 g/mol. The third-order valence-electron chi connectivity index (χ3n) is 3.57. The topological polar surface area (TPSA) is 138 Å². The Labute approximate surface area is 144 Å². The van der Waals surface area contributed by atoms with Crippen LogP contribution in [0.5, 0.6) is 0 Å². The Balaban J connectivity index is 2.10. The Kier molecular flexibility index (Phi) is 5.38. The van der Waals surface area contributed by atoms with E-state index >= 15 is 0 Å². The van der Waals surface area contributed by atoms with E-state index < -0.39 is 24.1 Å². The van der Waals surface area contributed by atoms with Crippen LogP contribution in [-0.4, -0.2) is 44.5 Å². The van der Waals surface area contributed by atoms with Crippen LogP contribution in [0.3, 0.4) is 0 Å². The molecule has 1 atom stereocenters. The molecular formula is C16H20N4O5. The molecule has 0 fully saturated rings. The molecule has 1 aromatic heterocycles. The lowest BCUT2D eigenvalue weighted by Gasteiger charge is -2.18. The molecule has 1 aromatic carbocycles. The maximum Gasteiger partial charge on any atom is 0.337 e. The Bertz CT molecular complexity index is 785. The van der Waals surface area contributed by atoms with Gasteiger partial charge in [-0.1, -0.05) is 18.1 Å². The molecule has 0 spiro atoms. The van der Waals surface area contributed by atoms with Crippen LogP contribution in [0, 0.1) is 6.92 Å². The highest BCUT2D eigenvalue weighted by Crippen LogP contribution is 2.24. The predicted molar refractivity (Wildman–Crippen MR) is 89.1 cm³/mol. The number of aliphatic carboxylic acids is 1. The zero-order valence-electron chi connectivity index (χ0n) is 14.2. The number of aryl methyl sites for hydroxylation is 2. The lowest BCUT2D eigenvalue weighted by atomic mass is 10.1. The lowest BCUT2D eigenvalue weighted by molar-refractivity contribution is -0.155. The molecule has 0 aliphatic rings. The van der Waals surface area contributed by atoms with Crippen molar-refractivity contribution in [1.82, 2.24) is 15.5 Å². The van der Waals surface area contributed by atoms with Crippen LogP contribution in [0.4, 0.5) is 10.5 Å². The number of benzene rings is 1. The third kappa shape index (κ3) is 4.54. The van der Waals surface area contributed by atoms with Crippen LogP contribution in [-0.2, 0) is 11.2 Å². The van der Waals surface area contributed by atoms with Gasteiger partial charge in [-0.2, -0.15) is 4.98 Å². The van der Waals surface area contributed by atoms with E-state index in [1.165, 1.54) is 0 Å². The van der Waals surface area contributed by atoms with Gasteiger partial charge in [-0.25, -0.2) is 9.59 Å². The molecule has 134 valence electrons. The van der Waals surface area contributed by atoms with E-state index in [-0.39, 0.29) is 0 Å². The average Bonchev–Trinajstić information content (AvgIpc) is 3.04. The molecule has 2 rings (SSSR count). The summed E-state index contributed by atoms with van der Waals surface area (Å²) in [6.45, 7) is 4.38. The van der Waals surface area contributed by atoms with Crippen molar-refractivity contribution in [3.05, 3.63) is 29.6 Å². The van der Waals surface area contributed by atoms with Crippen molar-refractivity contribution < 1.29 is 24.3 Å². The molecule has 0 bridgehead atoms. The number of urea groups is 1. The highest BCUT2D eigenvalue weighted by atomic mass is 16.5. The minimum atomic E-state index is -2.05. The van der Waals surface area contributed by atoms with Crippen LogP contribution >= 0.6 is 0 Å². The van der Waals surface area contributed by atoms with Crippen molar-refractivity contribution in [3.63, 3.8) is 0 Å². The fourth-order valence-corrected chi connectivity index (χ4v) is 1.90. The molecule has 2 aromatic rings. The van der Waals surface area contributed by atoms with Crippen molar-refractivity contribution in [2.45, 2.75) is 32.8 Å². The van der Waals surface area contributed by atoms with Crippen molar-refractivity contribution in [2.24, 2.45) is 0 Å². The van der Waals surface area contributed by atoms with E-state index in [0.29, 0.717) is 29.4 Å². The smallest absolute Gasteiger partial charge is 0.337 e. The molecule has 0 aliphatic carbocycles. The summed E-state index contributed by atoms with van der Waals surface area (Å²) in [6.07, 6.45) is 0.645. The van der Waals surface area contributed by atoms with Gasteiger partial charge in [-0.15, -0.1) is 0 Å². The van der Waals surface area contributed by atoms with Crippen LogP contribution in [0.1, 0.15) is 25.2 Å². The zero-order chi connectivity index (χ0) is 18.6. The Morgan fingerprint density at radius 1 is 1.36 bits per heavy atom. The minimum Gasteiger partial charge on any atom is -0.479 e. The SMILES string of the molecule is CCc1noc(-c2ccc(C)c(NC(=O)NCC(C)(O)C(=O)O)c2)n1. The number of nitrogens with one attached hydrogen (secondary N) is 2. The van der Waals surface area contributed by atoms with Crippen LogP contribution in [0.15, 0.2) is 22.7 Å². The van der Waals surface area contributed by atoms with Gasteiger partial charge in [0.2, 0.25) is 0 Å². The van der Waals surface area contributed by atoms with Gasteiger partial charge >= 0.3 is 12.0 Å². The first-order valence-electron chi connectivity index (χ1n) is 7.67. The molecule has 9 nitrogen and oxygen atoms in total. The second-order valence-corrected chi connectivity index (χ2v) is 5.79. The van der Waals surface area contributed by atoms with Gasteiger partial charge in [-0.05, 0) is 31.5 Å². The number of carbonyl (C=O) groups excluding carboxylic acids is 1. The number of aliphatic hydroxyl groups is 1. The first kappa shape index (κ1) is 18.4. The minimum absolute atomic E-state index is 0.342. The predicted octanol–water partition coefficient (Wildman–Crippen LogP) is 1.56. The quantitative estimate of drug-likeness (QED) is 0.621. The van der Waals surface area contributed by atoms with Gasteiger partial charge in [0, 0.05) is 17.7 Å². The standard InChI is InChI=1S/C16H20N4O5/c1-4-12-19-13(25-20-12)10-6-5-9(2)11(7-10)18-15(23)17-8-16(3,24)14(21)22/h5-7,24H,4,8H2,1-3H3,(H,21,22)(H2,17,18,23). The third-order valence-corrected chi connectivity index (χ3v) is 3.57. The van der Waals surface area contributed by atoms with E-state index in [2.05, 4.69) is 20.8 Å². The second kappa shape index (κ2) is 7.31. The molecule has 0 saturated carbocycles. The Morgan fingerprint density at radius 2 is 2.08 bits per heavy atom. The molecule has 0 aliphatic heterocycles. The van der Waals surface area contributed by atoms with Gasteiger partial charge in [0.05, 0.1) is 6.54 Å². The summed E-state index contributed by atoms with van der Waals surface area (Å²) in [5.41, 5.74) is -0.111. The van der Waals surface area contributed by atoms with Gasteiger partial charge < -0.3 is 25.4 Å². The number of rotatable bonds is 6. The van der Waals surface area contributed by atoms with E-state index in [1.807, 2.05) is 6.92 Å². The highest BCUT2D eigenvalue weighted by Gasteiger charge is 2.30. The fraction of sp³-hybridized carbons (Fsp3) is 0.375.